The van der Waals surface area contributed by atoms with Crippen molar-refractivity contribution < 1.29 is 4.63 Å². The Bertz CT molecular complexity index is 1020. The second-order valence-electron chi connectivity index (χ2n) is 5.21. The van der Waals surface area contributed by atoms with Crippen LogP contribution in [0.2, 0.25) is 10.0 Å². The molecule has 0 aliphatic rings. The number of benzene rings is 2. The molecule has 0 spiro atoms. The van der Waals surface area contributed by atoms with E-state index in [1.54, 1.807) is 18.2 Å². The number of hydrogen-bond acceptors (Lipinski definition) is 5. The average molecular weight is 360 g/mol. The third-order valence-electron chi connectivity index (χ3n) is 3.76. The quantitative estimate of drug-likeness (QED) is 0.597. The number of halogens is 2. The third-order valence-corrected chi connectivity index (χ3v) is 4.47. The smallest absolute Gasteiger partial charge is 0.199 e. The van der Waals surface area contributed by atoms with Crippen molar-refractivity contribution in [3.63, 3.8) is 0 Å². The molecule has 2 aromatic heterocycles. The Kier molecular flexibility index (Phi) is 3.63. The first-order valence-electron chi connectivity index (χ1n) is 7.11. The van der Waals surface area contributed by atoms with Gasteiger partial charge in [0.2, 0.25) is 0 Å². The predicted molar refractivity (Wildman–Crippen MR) is 93.0 cm³/mol. The molecule has 0 amide bonds. The van der Waals surface area contributed by atoms with E-state index in [-0.39, 0.29) is 5.82 Å². The number of fused-ring (bicyclic) bond motifs is 1. The fourth-order valence-electron chi connectivity index (χ4n) is 2.61. The maximum absolute atomic E-state index is 6.32. The van der Waals surface area contributed by atoms with Gasteiger partial charge in [0.05, 0.1) is 17.6 Å². The topological polar surface area (TPSA) is 82.8 Å². The minimum atomic E-state index is 0.178. The first-order valence-corrected chi connectivity index (χ1v) is 7.87. The maximum atomic E-state index is 6.32. The molecule has 4 aromatic rings. The molecule has 0 radical (unpaired) electrons. The molecular formula is C16H11Cl2N5O. The van der Waals surface area contributed by atoms with Crippen molar-refractivity contribution in [1.82, 2.24) is 19.9 Å². The summed E-state index contributed by atoms with van der Waals surface area (Å²) in [4.78, 5) is 4.61. The van der Waals surface area contributed by atoms with E-state index in [1.165, 1.54) is 0 Å². The summed E-state index contributed by atoms with van der Waals surface area (Å²) in [5, 5.41) is 8.66. The minimum Gasteiger partial charge on any atom is -0.379 e. The van der Waals surface area contributed by atoms with E-state index < -0.39 is 0 Å². The van der Waals surface area contributed by atoms with Gasteiger partial charge < -0.3 is 10.3 Å². The van der Waals surface area contributed by atoms with E-state index in [4.69, 9.17) is 33.6 Å². The highest BCUT2D eigenvalue weighted by Crippen LogP contribution is 2.31. The fourth-order valence-corrected chi connectivity index (χ4v) is 3.13. The Labute approximate surface area is 146 Å². The maximum Gasteiger partial charge on any atom is 0.199 e. The van der Waals surface area contributed by atoms with Crippen LogP contribution in [0.15, 0.2) is 47.1 Å². The van der Waals surface area contributed by atoms with Crippen molar-refractivity contribution >= 4 is 40.1 Å². The van der Waals surface area contributed by atoms with Crippen LogP contribution in [0.25, 0.3) is 22.6 Å². The Morgan fingerprint density at radius 1 is 1.00 bits per heavy atom. The lowest BCUT2D eigenvalue weighted by Crippen LogP contribution is -2.05. The molecular weight excluding hydrogens is 349 g/mol. The van der Waals surface area contributed by atoms with Crippen molar-refractivity contribution in [3.8, 4) is 11.5 Å². The van der Waals surface area contributed by atoms with Crippen LogP contribution in [0.3, 0.4) is 0 Å². The molecule has 4 rings (SSSR count). The molecule has 6 nitrogen and oxygen atoms in total. The number of para-hydroxylation sites is 2. The summed E-state index contributed by atoms with van der Waals surface area (Å²) >= 11 is 12.6. The molecule has 8 heteroatoms. The van der Waals surface area contributed by atoms with E-state index in [0.717, 1.165) is 16.6 Å². The van der Waals surface area contributed by atoms with Gasteiger partial charge in [0.1, 0.15) is 0 Å². The molecule has 0 unspecified atom stereocenters. The van der Waals surface area contributed by atoms with Crippen LogP contribution in [-0.2, 0) is 6.54 Å². The zero-order valence-electron chi connectivity index (χ0n) is 12.3. The Morgan fingerprint density at radius 3 is 2.46 bits per heavy atom. The van der Waals surface area contributed by atoms with Gasteiger partial charge in [-0.2, -0.15) is 0 Å². The van der Waals surface area contributed by atoms with E-state index in [9.17, 15) is 0 Å². The van der Waals surface area contributed by atoms with Crippen molar-refractivity contribution in [3.05, 3.63) is 58.1 Å². The first kappa shape index (κ1) is 15.0. The fraction of sp³-hybridized carbons (Fsp3) is 0.0625. The van der Waals surface area contributed by atoms with Gasteiger partial charge >= 0.3 is 0 Å². The van der Waals surface area contributed by atoms with E-state index >= 15 is 0 Å². The van der Waals surface area contributed by atoms with Crippen LogP contribution in [0.1, 0.15) is 5.56 Å². The van der Waals surface area contributed by atoms with E-state index in [0.29, 0.717) is 28.1 Å². The van der Waals surface area contributed by atoms with E-state index in [2.05, 4.69) is 15.3 Å². The van der Waals surface area contributed by atoms with Gasteiger partial charge in [-0.15, -0.1) is 0 Å². The molecule has 0 aliphatic carbocycles. The average Bonchev–Trinajstić information content (AvgIpc) is 3.14. The summed E-state index contributed by atoms with van der Waals surface area (Å²) < 4.78 is 6.66. The van der Waals surface area contributed by atoms with Gasteiger partial charge in [0.25, 0.3) is 0 Å². The van der Waals surface area contributed by atoms with Crippen molar-refractivity contribution in [2.75, 3.05) is 5.73 Å². The standard InChI is InChI=1S/C16H11Cl2N5O/c17-10-4-3-5-11(18)9(10)8-23-13-7-2-1-6-12(13)20-16(23)14-15(19)22-24-21-14/h1-7H,8H2,(H2,19,22). The van der Waals surface area contributed by atoms with E-state index in [1.807, 2.05) is 28.8 Å². The molecule has 0 saturated heterocycles. The summed E-state index contributed by atoms with van der Waals surface area (Å²) in [6.07, 6.45) is 0. The molecule has 0 fully saturated rings. The highest BCUT2D eigenvalue weighted by atomic mass is 35.5. The molecule has 2 heterocycles. The number of anilines is 1. The lowest BCUT2D eigenvalue weighted by molar-refractivity contribution is 0.310. The van der Waals surface area contributed by atoms with Gasteiger partial charge in [-0.25, -0.2) is 9.61 Å². The molecule has 0 aliphatic heterocycles. The van der Waals surface area contributed by atoms with Crippen LogP contribution in [0, 0.1) is 0 Å². The zero-order chi connectivity index (χ0) is 16.7. The molecule has 24 heavy (non-hydrogen) atoms. The lowest BCUT2D eigenvalue weighted by Gasteiger charge is -2.11. The molecule has 0 bridgehead atoms. The van der Waals surface area contributed by atoms with Gasteiger partial charge in [0.15, 0.2) is 17.3 Å². The number of imidazole rings is 1. The monoisotopic (exact) mass is 359 g/mol. The summed E-state index contributed by atoms with van der Waals surface area (Å²) in [6, 6.07) is 13.1. The number of rotatable bonds is 3. The van der Waals surface area contributed by atoms with Crippen molar-refractivity contribution in [2.45, 2.75) is 6.54 Å². The van der Waals surface area contributed by atoms with Gasteiger partial charge in [-0.05, 0) is 34.6 Å². The Hall–Kier alpha value is -2.57. The number of hydrogen-bond donors (Lipinski definition) is 1. The van der Waals surface area contributed by atoms with Crippen LogP contribution in [-0.4, -0.2) is 19.9 Å². The van der Waals surface area contributed by atoms with Crippen LogP contribution >= 0.6 is 23.2 Å². The lowest BCUT2D eigenvalue weighted by atomic mass is 10.2. The van der Waals surface area contributed by atoms with Crippen LogP contribution in [0.5, 0.6) is 0 Å². The number of nitrogen functional groups attached to an aromatic ring is 1. The van der Waals surface area contributed by atoms with Gasteiger partial charge in [-0.1, -0.05) is 41.4 Å². The summed E-state index contributed by atoms with van der Waals surface area (Å²) in [7, 11) is 0. The molecule has 0 saturated carbocycles. The Morgan fingerprint density at radius 2 is 1.75 bits per heavy atom. The molecule has 0 atom stereocenters. The highest BCUT2D eigenvalue weighted by Gasteiger charge is 2.20. The van der Waals surface area contributed by atoms with Gasteiger partial charge in [0, 0.05) is 15.6 Å². The van der Waals surface area contributed by atoms with Crippen molar-refractivity contribution in [2.24, 2.45) is 0 Å². The highest BCUT2D eigenvalue weighted by molar-refractivity contribution is 6.36. The van der Waals surface area contributed by atoms with Gasteiger partial charge in [-0.3, -0.25) is 0 Å². The second-order valence-corrected chi connectivity index (χ2v) is 6.02. The summed E-state index contributed by atoms with van der Waals surface area (Å²) in [5.41, 5.74) is 8.73. The van der Waals surface area contributed by atoms with Crippen molar-refractivity contribution in [1.29, 1.82) is 0 Å². The SMILES string of the molecule is Nc1nonc1-c1nc2ccccc2n1Cc1c(Cl)cccc1Cl. The van der Waals surface area contributed by atoms with Crippen LogP contribution in [0.4, 0.5) is 5.82 Å². The summed E-state index contributed by atoms with van der Waals surface area (Å²) in [5.74, 6) is 0.725. The first-order chi connectivity index (χ1) is 11.6. The third kappa shape index (κ3) is 2.40. The second kappa shape index (κ2) is 5.81. The molecule has 2 N–H and O–H groups in total. The molecule has 120 valence electrons. The Balaban J connectivity index is 1.95. The molecule has 2 aromatic carbocycles. The zero-order valence-corrected chi connectivity index (χ0v) is 13.8. The minimum absolute atomic E-state index is 0.178. The number of nitrogens with two attached hydrogens (primary N) is 1. The normalized spacial score (nSPS) is 11.2. The van der Waals surface area contributed by atoms with Crippen LogP contribution < -0.4 is 5.73 Å². The number of aromatic nitrogens is 4. The number of nitrogens with zero attached hydrogens (tertiary/aromatic N) is 4. The predicted octanol–water partition coefficient (Wildman–Crippen LogP) is 4.02. The largest absolute Gasteiger partial charge is 0.379 e. The summed E-state index contributed by atoms with van der Waals surface area (Å²) in [6.45, 7) is 0.417.